The third-order valence-corrected chi connectivity index (χ3v) is 2.63. The Bertz CT molecular complexity index is 356. The Balaban J connectivity index is 1.70. The first-order valence-corrected chi connectivity index (χ1v) is 5.73. The number of nitrogens with zero attached hydrogens (tertiary/aromatic N) is 2. The summed E-state index contributed by atoms with van der Waals surface area (Å²) in [5, 5.41) is 0. The molecule has 82 valence electrons. The second-order valence-corrected chi connectivity index (χ2v) is 3.93. The molecule has 0 radical (unpaired) electrons. The average Bonchev–Trinajstić information content (AvgIpc) is 2.37. The van der Waals surface area contributed by atoms with E-state index in [-0.39, 0.29) is 0 Å². The number of pyridine rings is 2. The minimum atomic E-state index is 1.12. The summed E-state index contributed by atoms with van der Waals surface area (Å²) in [4.78, 5) is 8.22. The summed E-state index contributed by atoms with van der Waals surface area (Å²) < 4.78 is 0. The molecule has 0 aromatic carbocycles. The molecule has 16 heavy (non-hydrogen) atoms. The lowest BCUT2D eigenvalue weighted by Gasteiger charge is -2.01. The van der Waals surface area contributed by atoms with Crippen LogP contribution in [-0.2, 0) is 12.8 Å². The highest BCUT2D eigenvalue weighted by molar-refractivity contribution is 5.10. The topological polar surface area (TPSA) is 25.8 Å². The van der Waals surface area contributed by atoms with E-state index in [9.17, 15) is 0 Å². The Labute approximate surface area is 96.4 Å². The normalized spacial score (nSPS) is 10.2. The summed E-state index contributed by atoms with van der Waals surface area (Å²) in [5.41, 5.74) is 2.65. The lowest BCUT2D eigenvalue weighted by molar-refractivity contribution is 0.731. The molecule has 0 amide bonds. The van der Waals surface area contributed by atoms with Crippen LogP contribution in [0, 0.1) is 0 Å². The minimum absolute atomic E-state index is 1.12. The van der Waals surface area contributed by atoms with Gasteiger partial charge >= 0.3 is 0 Å². The maximum Gasteiger partial charge on any atom is 0.0299 e. The van der Waals surface area contributed by atoms with Crippen molar-refractivity contribution in [1.82, 2.24) is 9.97 Å². The number of aryl methyl sites for hydroxylation is 2. The lowest BCUT2D eigenvalue weighted by atomic mass is 10.1. The van der Waals surface area contributed by atoms with Gasteiger partial charge in [0.15, 0.2) is 0 Å². The Morgan fingerprint density at radius 3 is 1.62 bits per heavy atom. The van der Waals surface area contributed by atoms with Gasteiger partial charge in [-0.1, -0.05) is 12.1 Å². The van der Waals surface area contributed by atoms with E-state index in [0.717, 1.165) is 12.8 Å². The van der Waals surface area contributed by atoms with Crippen molar-refractivity contribution in [2.24, 2.45) is 0 Å². The van der Waals surface area contributed by atoms with Crippen LogP contribution in [0.5, 0.6) is 0 Å². The fourth-order valence-corrected chi connectivity index (χ4v) is 1.75. The Kier molecular flexibility index (Phi) is 4.06. The molecule has 0 aliphatic heterocycles. The molecule has 2 aromatic rings. The number of unbranched alkanes of at least 4 members (excludes halogenated alkanes) is 1. The largest absolute Gasteiger partial charge is 0.264 e. The molecule has 2 heterocycles. The van der Waals surface area contributed by atoms with E-state index < -0.39 is 0 Å². The van der Waals surface area contributed by atoms with E-state index in [1.165, 1.54) is 24.0 Å². The zero-order chi connectivity index (χ0) is 11.1. The van der Waals surface area contributed by atoms with Crippen LogP contribution in [0.4, 0.5) is 0 Å². The Morgan fingerprint density at radius 1 is 0.750 bits per heavy atom. The molecule has 2 aromatic heterocycles. The fraction of sp³-hybridized carbons (Fsp3) is 0.286. The summed E-state index contributed by atoms with van der Waals surface area (Å²) in [6.45, 7) is 0. The van der Waals surface area contributed by atoms with Gasteiger partial charge in [0.25, 0.3) is 0 Å². The third kappa shape index (κ3) is 3.46. The van der Waals surface area contributed by atoms with Crippen molar-refractivity contribution in [1.29, 1.82) is 0 Å². The second kappa shape index (κ2) is 6.01. The van der Waals surface area contributed by atoms with E-state index >= 15 is 0 Å². The number of hydrogen-bond acceptors (Lipinski definition) is 2. The summed E-state index contributed by atoms with van der Waals surface area (Å²) in [5.74, 6) is 0. The van der Waals surface area contributed by atoms with Gasteiger partial charge in [-0.05, 0) is 48.9 Å². The molecule has 0 N–H and O–H groups in total. The van der Waals surface area contributed by atoms with Crippen LogP contribution in [0.3, 0.4) is 0 Å². The zero-order valence-corrected chi connectivity index (χ0v) is 9.34. The SMILES string of the molecule is c1cncc(CCCCc2cccnc2)c1. The highest BCUT2D eigenvalue weighted by atomic mass is 14.6. The third-order valence-electron chi connectivity index (χ3n) is 2.63. The van der Waals surface area contributed by atoms with Gasteiger partial charge in [0.2, 0.25) is 0 Å². The van der Waals surface area contributed by atoms with Gasteiger partial charge in [0, 0.05) is 24.8 Å². The van der Waals surface area contributed by atoms with E-state index in [1.807, 2.05) is 36.9 Å². The highest BCUT2D eigenvalue weighted by Gasteiger charge is 1.95. The van der Waals surface area contributed by atoms with Crippen molar-refractivity contribution in [3.8, 4) is 0 Å². The molecule has 0 spiro atoms. The van der Waals surface area contributed by atoms with Crippen LogP contribution in [0.2, 0.25) is 0 Å². The van der Waals surface area contributed by atoms with Crippen LogP contribution >= 0.6 is 0 Å². The van der Waals surface area contributed by atoms with Crippen molar-refractivity contribution in [3.63, 3.8) is 0 Å². The Morgan fingerprint density at radius 2 is 1.25 bits per heavy atom. The summed E-state index contributed by atoms with van der Waals surface area (Å²) in [6.07, 6.45) is 12.2. The first-order valence-electron chi connectivity index (χ1n) is 5.73. The molecule has 0 aliphatic carbocycles. The molecular formula is C14H16N2. The standard InChI is InChI=1S/C14H16N2/c1(5-13-7-3-9-15-11-13)2-6-14-8-4-10-16-12-14/h3-4,7-12H,1-2,5-6H2. The van der Waals surface area contributed by atoms with Crippen LogP contribution < -0.4 is 0 Å². The average molecular weight is 212 g/mol. The van der Waals surface area contributed by atoms with E-state index in [0.29, 0.717) is 0 Å². The van der Waals surface area contributed by atoms with E-state index in [2.05, 4.69) is 22.1 Å². The van der Waals surface area contributed by atoms with E-state index in [4.69, 9.17) is 0 Å². The van der Waals surface area contributed by atoms with Crippen molar-refractivity contribution < 1.29 is 0 Å². The summed E-state index contributed by atoms with van der Waals surface area (Å²) >= 11 is 0. The van der Waals surface area contributed by atoms with Crippen molar-refractivity contribution in [2.45, 2.75) is 25.7 Å². The summed E-state index contributed by atoms with van der Waals surface area (Å²) in [6, 6.07) is 8.26. The molecular weight excluding hydrogens is 196 g/mol. The van der Waals surface area contributed by atoms with Crippen molar-refractivity contribution >= 4 is 0 Å². The molecule has 2 heteroatoms. The molecule has 0 unspecified atom stereocenters. The fourth-order valence-electron chi connectivity index (χ4n) is 1.75. The summed E-state index contributed by atoms with van der Waals surface area (Å²) in [7, 11) is 0. The Hall–Kier alpha value is -1.70. The van der Waals surface area contributed by atoms with Crippen LogP contribution in [0.25, 0.3) is 0 Å². The predicted molar refractivity (Wildman–Crippen MR) is 65.1 cm³/mol. The van der Waals surface area contributed by atoms with Crippen LogP contribution in [0.1, 0.15) is 24.0 Å². The predicted octanol–water partition coefficient (Wildman–Crippen LogP) is 3.04. The molecule has 0 saturated heterocycles. The lowest BCUT2D eigenvalue weighted by Crippen LogP contribution is -1.90. The maximum absolute atomic E-state index is 4.11. The minimum Gasteiger partial charge on any atom is -0.264 e. The molecule has 2 rings (SSSR count). The zero-order valence-electron chi connectivity index (χ0n) is 9.34. The van der Waals surface area contributed by atoms with Crippen LogP contribution in [-0.4, -0.2) is 9.97 Å². The van der Waals surface area contributed by atoms with Gasteiger partial charge < -0.3 is 0 Å². The van der Waals surface area contributed by atoms with Crippen molar-refractivity contribution in [3.05, 3.63) is 60.2 Å². The number of rotatable bonds is 5. The molecule has 2 nitrogen and oxygen atoms in total. The molecule has 0 atom stereocenters. The first-order chi connectivity index (χ1) is 7.95. The van der Waals surface area contributed by atoms with E-state index in [1.54, 1.807) is 0 Å². The van der Waals surface area contributed by atoms with Gasteiger partial charge in [-0.15, -0.1) is 0 Å². The van der Waals surface area contributed by atoms with Gasteiger partial charge in [0.1, 0.15) is 0 Å². The highest BCUT2D eigenvalue weighted by Crippen LogP contribution is 2.07. The number of hydrogen-bond donors (Lipinski definition) is 0. The second-order valence-electron chi connectivity index (χ2n) is 3.93. The smallest absolute Gasteiger partial charge is 0.0299 e. The molecule has 0 aliphatic rings. The monoisotopic (exact) mass is 212 g/mol. The number of aromatic nitrogens is 2. The maximum atomic E-state index is 4.11. The quantitative estimate of drug-likeness (QED) is 0.712. The van der Waals surface area contributed by atoms with Crippen LogP contribution in [0.15, 0.2) is 49.1 Å². The van der Waals surface area contributed by atoms with Gasteiger partial charge in [-0.25, -0.2) is 0 Å². The molecule has 0 saturated carbocycles. The first kappa shape index (κ1) is 10.8. The van der Waals surface area contributed by atoms with Gasteiger partial charge in [0.05, 0.1) is 0 Å². The van der Waals surface area contributed by atoms with Gasteiger partial charge in [-0.2, -0.15) is 0 Å². The molecule has 0 fully saturated rings. The molecule has 0 bridgehead atoms. The van der Waals surface area contributed by atoms with Crippen molar-refractivity contribution in [2.75, 3.05) is 0 Å². The van der Waals surface area contributed by atoms with Gasteiger partial charge in [-0.3, -0.25) is 9.97 Å².